The van der Waals surface area contributed by atoms with Gasteiger partial charge in [-0.2, -0.15) is 0 Å². The van der Waals surface area contributed by atoms with Gasteiger partial charge in [-0.1, -0.05) is 12.1 Å². The molecule has 26 heavy (non-hydrogen) atoms. The minimum atomic E-state index is -0.178. The summed E-state index contributed by atoms with van der Waals surface area (Å²) in [6, 6.07) is 11.3. The number of benzene rings is 2. The van der Waals surface area contributed by atoms with Crippen LogP contribution in [0.1, 0.15) is 17.5 Å². The van der Waals surface area contributed by atoms with Crippen molar-refractivity contribution in [3.63, 3.8) is 0 Å². The summed E-state index contributed by atoms with van der Waals surface area (Å²) in [5.74, 6) is 0.940. The quantitative estimate of drug-likeness (QED) is 0.896. The Bertz CT molecular complexity index is 848. The molecular weight excluding hydrogens is 332 g/mol. The third-order valence-electron chi connectivity index (χ3n) is 4.25. The Kier molecular flexibility index (Phi) is 5.11. The Morgan fingerprint density at radius 3 is 2.69 bits per heavy atom. The fraction of sp³-hybridized carbons (Fsp3) is 0.300. The number of hydrogen-bond donors (Lipinski definition) is 1. The number of nitrogens with zero attached hydrogens (tertiary/aromatic N) is 1. The summed E-state index contributed by atoms with van der Waals surface area (Å²) in [6.07, 6.45) is 0.177. The van der Waals surface area contributed by atoms with E-state index in [4.69, 9.17) is 9.47 Å². The molecule has 3 rings (SSSR count). The predicted octanol–water partition coefficient (Wildman–Crippen LogP) is 3.07. The zero-order valence-corrected chi connectivity index (χ0v) is 15.2. The van der Waals surface area contributed by atoms with E-state index in [-0.39, 0.29) is 24.8 Å². The first-order chi connectivity index (χ1) is 12.5. The first kappa shape index (κ1) is 17.8. The molecule has 0 bridgehead atoms. The van der Waals surface area contributed by atoms with Gasteiger partial charge < -0.3 is 19.7 Å². The second-order valence-electron chi connectivity index (χ2n) is 6.31. The number of carbonyl (C=O) groups excluding carboxylic acids is 2. The van der Waals surface area contributed by atoms with Crippen molar-refractivity contribution in [2.75, 3.05) is 30.5 Å². The molecular formula is C20H22N2O4. The zero-order chi connectivity index (χ0) is 18.7. The molecule has 6 nitrogen and oxygen atoms in total. The molecule has 1 heterocycles. The summed E-state index contributed by atoms with van der Waals surface area (Å²) < 4.78 is 10.7. The van der Waals surface area contributed by atoms with Crippen LogP contribution in [0.2, 0.25) is 0 Å². The minimum Gasteiger partial charge on any atom is -0.495 e. The Labute approximate surface area is 152 Å². The first-order valence-corrected chi connectivity index (χ1v) is 8.46. The molecule has 2 aromatic rings. The molecule has 0 unspecified atom stereocenters. The van der Waals surface area contributed by atoms with Crippen LogP contribution in [0, 0.1) is 13.8 Å². The highest BCUT2D eigenvalue weighted by Crippen LogP contribution is 2.33. The molecule has 6 heteroatoms. The van der Waals surface area contributed by atoms with Gasteiger partial charge in [0.1, 0.15) is 11.5 Å². The summed E-state index contributed by atoms with van der Waals surface area (Å²) in [4.78, 5) is 26.2. The average Bonchev–Trinajstić information content (AvgIpc) is 2.61. The van der Waals surface area contributed by atoms with Crippen molar-refractivity contribution in [1.82, 2.24) is 0 Å². The van der Waals surface area contributed by atoms with Gasteiger partial charge in [-0.15, -0.1) is 0 Å². The molecule has 2 aromatic carbocycles. The number of amides is 2. The summed E-state index contributed by atoms with van der Waals surface area (Å²) in [5.41, 5.74) is 3.39. The van der Waals surface area contributed by atoms with Crippen molar-refractivity contribution in [1.29, 1.82) is 0 Å². The number of anilines is 2. The summed E-state index contributed by atoms with van der Waals surface area (Å²) in [6.45, 7) is 4.18. The fourth-order valence-corrected chi connectivity index (χ4v) is 2.90. The van der Waals surface area contributed by atoms with E-state index in [0.717, 1.165) is 11.1 Å². The molecule has 136 valence electrons. The van der Waals surface area contributed by atoms with Gasteiger partial charge in [0.15, 0.2) is 6.61 Å². The molecule has 1 N–H and O–H groups in total. The van der Waals surface area contributed by atoms with Gasteiger partial charge in [-0.3, -0.25) is 9.59 Å². The van der Waals surface area contributed by atoms with E-state index in [0.29, 0.717) is 29.4 Å². The number of hydrogen-bond acceptors (Lipinski definition) is 4. The largest absolute Gasteiger partial charge is 0.495 e. The Morgan fingerprint density at radius 2 is 1.92 bits per heavy atom. The van der Waals surface area contributed by atoms with Gasteiger partial charge in [-0.25, -0.2) is 0 Å². The van der Waals surface area contributed by atoms with Crippen molar-refractivity contribution >= 4 is 23.2 Å². The lowest BCUT2D eigenvalue weighted by Crippen LogP contribution is -2.40. The van der Waals surface area contributed by atoms with E-state index in [9.17, 15) is 9.59 Å². The maximum atomic E-state index is 12.4. The predicted molar refractivity (Wildman–Crippen MR) is 100 cm³/mol. The molecule has 0 atom stereocenters. The fourth-order valence-electron chi connectivity index (χ4n) is 2.90. The van der Waals surface area contributed by atoms with Crippen molar-refractivity contribution in [2.24, 2.45) is 0 Å². The number of methoxy groups -OCH3 is 1. The maximum Gasteiger partial charge on any atom is 0.265 e. The van der Waals surface area contributed by atoms with Crippen molar-refractivity contribution in [2.45, 2.75) is 20.3 Å². The first-order valence-electron chi connectivity index (χ1n) is 8.46. The van der Waals surface area contributed by atoms with Crippen LogP contribution in [0.3, 0.4) is 0 Å². The number of rotatable bonds is 5. The van der Waals surface area contributed by atoms with Crippen LogP contribution in [0.4, 0.5) is 11.4 Å². The van der Waals surface area contributed by atoms with Crippen LogP contribution < -0.4 is 19.7 Å². The van der Waals surface area contributed by atoms with Gasteiger partial charge in [0, 0.05) is 13.0 Å². The molecule has 0 saturated carbocycles. The second-order valence-corrected chi connectivity index (χ2v) is 6.31. The monoisotopic (exact) mass is 354 g/mol. The van der Waals surface area contributed by atoms with Crippen LogP contribution in [0.25, 0.3) is 0 Å². The average molecular weight is 354 g/mol. The molecule has 0 radical (unpaired) electrons. The van der Waals surface area contributed by atoms with E-state index in [1.807, 2.05) is 50.2 Å². The summed E-state index contributed by atoms with van der Waals surface area (Å²) in [7, 11) is 1.56. The number of fused-ring (bicyclic) bond motifs is 1. The molecule has 1 aliphatic heterocycles. The Balaban J connectivity index is 1.69. The van der Waals surface area contributed by atoms with Gasteiger partial charge in [0.25, 0.3) is 5.91 Å². The minimum absolute atomic E-state index is 0.0105. The number of ether oxygens (including phenoxy) is 2. The standard InChI is InChI=1S/C20H22N2O4/c1-13-4-6-17(25-3)15(10-13)21-19(23)8-9-22-16-11-14(2)5-7-18(16)26-12-20(22)24/h4-7,10-11H,8-9,12H2,1-3H3,(H,21,23). The number of aryl methyl sites for hydroxylation is 2. The van der Waals surface area contributed by atoms with Crippen molar-refractivity contribution in [3.05, 3.63) is 47.5 Å². The molecule has 0 fully saturated rings. The van der Waals surface area contributed by atoms with Crippen LogP contribution in [0.15, 0.2) is 36.4 Å². The molecule has 0 aliphatic carbocycles. The van der Waals surface area contributed by atoms with E-state index in [1.54, 1.807) is 12.0 Å². The van der Waals surface area contributed by atoms with E-state index >= 15 is 0 Å². The van der Waals surface area contributed by atoms with Gasteiger partial charge in [0.2, 0.25) is 5.91 Å². The molecule has 0 aromatic heterocycles. The number of nitrogens with one attached hydrogen (secondary N) is 1. The second kappa shape index (κ2) is 7.47. The highest BCUT2D eigenvalue weighted by Gasteiger charge is 2.26. The zero-order valence-electron chi connectivity index (χ0n) is 15.2. The van der Waals surface area contributed by atoms with Gasteiger partial charge in [0.05, 0.1) is 18.5 Å². The molecule has 0 spiro atoms. The van der Waals surface area contributed by atoms with E-state index < -0.39 is 0 Å². The topological polar surface area (TPSA) is 67.9 Å². The third kappa shape index (κ3) is 3.79. The normalized spacial score (nSPS) is 13.0. The van der Waals surface area contributed by atoms with Crippen LogP contribution in [-0.2, 0) is 9.59 Å². The van der Waals surface area contributed by atoms with Crippen LogP contribution in [0.5, 0.6) is 11.5 Å². The van der Waals surface area contributed by atoms with Crippen molar-refractivity contribution < 1.29 is 19.1 Å². The molecule has 1 aliphatic rings. The molecule has 2 amide bonds. The lowest BCUT2D eigenvalue weighted by Gasteiger charge is -2.29. The van der Waals surface area contributed by atoms with E-state index in [2.05, 4.69) is 5.32 Å². The number of carbonyl (C=O) groups is 2. The molecule has 0 saturated heterocycles. The highest BCUT2D eigenvalue weighted by molar-refractivity contribution is 5.99. The summed E-state index contributed by atoms with van der Waals surface area (Å²) >= 11 is 0. The lowest BCUT2D eigenvalue weighted by molar-refractivity contribution is -0.121. The summed E-state index contributed by atoms with van der Waals surface area (Å²) in [5, 5.41) is 2.86. The Hall–Kier alpha value is -3.02. The highest BCUT2D eigenvalue weighted by atomic mass is 16.5. The SMILES string of the molecule is COc1ccc(C)cc1NC(=O)CCN1C(=O)COc2ccc(C)cc21. The van der Waals surface area contributed by atoms with Crippen LogP contribution >= 0.6 is 0 Å². The van der Waals surface area contributed by atoms with E-state index in [1.165, 1.54) is 0 Å². The third-order valence-corrected chi connectivity index (χ3v) is 4.25. The van der Waals surface area contributed by atoms with Gasteiger partial charge >= 0.3 is 0 Å². The van der Waals surface area contributed by atoms with Crippen LogP contribution in [-0.4, -0.2) is 32.1 Å². The maximum absolute atomic E-state index is 12.4. The van der Waals surface area contributed by atoms with Crippen molar-refractivity contribution in [3.8, 4) is 11.5 Å². The Morgan fingerprint density at radius 1 is 1.19 bits per heavy atom. The van der Waals surface area contributed by atoms with Gasteiger partial charge in [-0.05, 0) is 49.2 Å². The lowest BCUT2D eigenvalue weighted by atomic mass is 10.1. The smallest absolute Gasteiger partial charge is 0.265 e.